The van der Waals surface area contributed by atoms with Crippen LogP contribution in [-0.4, -0.2) is 16.3 Å². The molecular formula is C17H16N2O2S. The van der Waals surface area contributed by atoms with Crippen LogP contribution in [0.4, 0.5) is 5.82 Å². The summed E-state index contributed by atoms with van der Waals surface area (Å²) in [5.74, 6) is 1.03. The van der Waals surface area contributed by atoms with Crippen LogP contribution in [0.5, 0.6) is 0 Å². The highest BCUT2D eigenvalue weighted by atomic mass is 32.2. The van der Waals surface area contributed by atoms with Gasteiger partial charge in [-0.1, -0.05) is 35.5 Å². The molecule has 0 bridgehead atoms. The minimum atomic E-state index is -0.224. The number of aromatic nitrogens is 1. The minimum absolute atomic E-state index is 0.0912. The van der Waals surface area contributed by atoms with E-state index in [-0.39, 0.29) is 11.2 Å². The normalized spacial score (nSPS) is 12.3. The number of nitrogens with zero attached hydrogens (tertiary/aromatic N) is 1. The van der Waals surface area contributed by atoms with E-state index in [1.54, 1.807) is 13.0 Å². The van der Waals surface area contributed by atoms with E-state index in [0.717, 1.165) is 4.90 Å². The fourth-order valence-electron chi connectivity index (χ4n) is 2.15. The Hall–Kier alpha value is -2.27. The van der Waals surface area contributed by atoms with Crippen LogP contribution in [0.3, 0.4) is 0 Å². The summed E-state index contributed by atoms with van der Waals surface area (Å²) in [5.41, 5.74) is 0. The van der Waals surface area contributed by atoms with Gasteiger partial charge in [0.15, 0.2) is 5.82 Å². The first-order valence-corrected chi connectivity index (χ1v) is 7.89. The van der Waals surface area contributed by atoms with Gasteiger partial charge in [-0.2, -0.15) is 0 Å². The van der Waals surface area contributed by atoms with Crippen LogP contribution in [0.1, 0.15) is 12.7 Å². The number of hydrogen-bond donors (Lipinski definition) is 1. The molecule has 112 valence electrons. The van der Waals surface area contributed by atoms with Crippen molar-refractivity contribution < 1.29 is 9.32 Å². The zero-order valence-corrected chi connectivity index (χ0v) is 13.2. The lowest BCUT2D eigenvalue weighted by atomic mass is 10.1. The summed E-state index contributed by atoms with van der Waals surface area (Å²) in [5, 5.41) is 8.67. The molecule has 0 aliphatic rings. The van der Waals surface area contributed by atoms with Crippen molar-refractivity contribution in [1.82, 2.24) is 5.16 Å². The van der Waals surface area contributed by atoms with Crippen molar-refractivity contribution in [2.75, 3.05) is 5.32 Å². The van der Waals surface area contributed by atoms with E-state index in [1.807, 2.05) is 25.1 Å². The molecule has 0 aliphatic carbocycles. The Labute approximate surface area is 132 Å². The van der Waals surface area contributed by atoms with E-state index in [2.05, 4.69) is 34.7 Å². The van der Waals surface area contributed by atoms with E-state index in [0.29, 0.717) is 11.6 Å². The smallest absolute Gasteiger partial charge is 0.238 e. The van der Waals surface area contributed by atoms with Crippen molar-refractivity contribution in [1.29, 1.82) is 0 Å². The summed E-state index contributed by atoms with van der Waals surface area (Å²) < 4.78 is 4.94. The SMILES string of the molecule is Cc1cc(NC(=O)[C@H](C)Sc2ccc3ccccc3c2)no1. The van der Waals surface area contributed by atoms with Crippen LogP contribution in [0, 0.1) is 6.92 Å². The zero-order valence-electron chi connectivity index (χ0n) is 12.4. The number of benzene rings is 2. The Bertz CT molecular complexity index is 813. The number of fused-ring (bicyclic) bond motifs is 1. The van der Waals surface area contributed by atoms with Crippen LogP contribution in [0.25, 0.3) is 10.8 Å². The maximum absolute atomic E-state index is 12.2. The standard InChI is InChI=1S/C17H16N2O2S/c1-11-9-16(19-21-11)18-17(20)12(2)22-15-8-7-13-5-3-4-6-14(13)10-15/h3-10,12H,1-2H3,(H,18,19,20)/t12-/m0/s1. The number of rotatable bonds is 4. The zero-order chi connectivity index (χ0) is 15.5. The summed E-state index contributed by atoms with van der Waals surface area (Å²) in [6, 6.07) is 16.1. The van der Waals surface area contributed by atoms with Gasteiger partial charge in [0.25, 0.3) is 0 Å². The van der Waals surface area contributed by atoms with Crippen LogP contribution in [-0.2, 0) is 4.79 Å². The van der Waals surface area contributed by atoms with E-state index >= 15 is 0 Å². The third-order valence-corrected chi connectivity index (χ3v) is 4.38. The molecule has 0 unspecified atom stereocenters. The molecule has 0 fully saturated rings. The van der Waals surface area contributed by atoms with E-state index in [1.165, 1.54) is 22.5 Å². The summed E-state index contributed by atoms with van der Waals surface area (Å²) in [4.78, 5) is 13.2. The first kappa shape index (κ1) is 14.7. The molecule has 0 radical (unpaired) electrons. The van der Waals surface area contributed by atoms with Gasteiger partial charge in [-0.25, -0.2) is 0 Å². The molecule has 1 N–H and O–H groups in total. The van der Waals surface area contributed by atoms with Crippen molar-refractivity contribution in [3.63, 3.8) is 0 Å². The predicted octanol–water partition coefficient (Wildman–Crippen LogP) is 4.26. The molecule has 0 saturated carbocycles. The molecule has 1 atom stereocenters. The Kier molecular flexibility index (Phi) is 4.15. The molecule has 0 spiro atoms. The second kappa shape index (κ2) is 6.23. The first-order valence-electron chi connectivity index (χ1n) is 7.01. The molecule has 1 aromatic heterocycles. The number of thioether (sulfide) groups is 1. The van der Waals surface area contributed by atoms with Crippen LogP contribution < -0.4 is 5.32 Å². The largest absolute Gasteiger partial charge is 0.360 e. The molecule has 1 amide bonds. The maximum Gasteiger partial charge on any atom is 0.238 e. The number of hydrogen-bond acceptors (Lipinski definition) is 4. The van der Waals surface area contributed by atoms with Crippen molar-refractivity contribution in [2.45, 2.75) is 24.0 Å². The highest BCUT2D eigenvalue weighted by Crippen LogP contribution is 2.27. The minimum Gasteiger partial charge on any atom is -0.360 e. The predicted molar refractivity (Wildman–Crippen MR) is 89.1 cm³/mol. The van der Waals surface area contributed by atoms with Gasteiger partial charge in [0.05, 0.1) is 5.25 Å². The Balaban J connectivity index is 1.69. The fraction of sp³-hybridized carbons (Fsp3) is 0.176. The van der Waals surface area contributed by atoms with Gasteiger partial charge in [-0.3, -0.25) is 4.79 Å². The number of anilines is 1. The molecule has 0 saturated heterocycles. The highest BCUT2D eigenvalue weighted by molar-refractivity contribution is 8.00. The van der Waals surface area contributed by atoms with Crippen LogP contribution in [0.15, 0.2) is 57.9 Å². The molecule has 2 aromatic carbocycles. The average molecular weight is 312 g/mol. The van der Waals surface area contributed by atoms with Crippen molar-refractivity contribution in [3.05, 3.63) is 54.3 Å². The van der Waals surface area contributed by atoms with Crippen LogP contribution in [0.2, 0.25) is 0 Å². The molecule has 3 aromatic rings. The first-order chi connectivity index (χ1) is 10.6. The fourth-order valence-corrected chi connectivity index (χ4v) is 3.07. The number of carbonyl (C=O) groups excluding carboxylic acids is 1. The summed E-state index contributed by atoms with van der Waals surface area (Å²) >= 11 is 1.52. The molecule has 5 heteroatoms. The molecule has 4 nitrogen and oxygen atoms in total. The quantitative estimate of drug-likeness (QED) is 0.732. The Morgan fingerprint density at radius 2 is 1.95 bits per heavy atom. The lowest BCUT2D eigenvalue weighted by molar-refractivity contribution is -0.115. The highest BCUT2D eigenvalue weighted by Gasteiger charge is 2.16. The van der Waals surface area contributed by atoms with E-state index in [4.69, 9.17) is 4.52 Å². The van der Waals surface area contributed by atoms with Gasteiger partial charge in [0, 0.05) is 11.0 Å². The van der Waals surface area contributed by atoms with Crippen molar-refractivity contribution in [2.24, 2.45) is 0 Å². The molecule has 3 rings (SSSR count). The summed E-state index contributed by atoms with van der Waals surface area (Å²) in [7, 11) is 0. The second-order valence-corrected chi connectivity index (χ2v) is 6.50. The van der Waals surface area contributed by atoms with Gasteiger partial charge in [-0.15, -0.1) is 11.8 Å². The number of nitrogens with one attached hydrogen (secondary N) is 1. The second-order valence-electron chi connectivity index (χ2n) is 5.08. The third-order valence-electron chi connectivity index (χ3n) is 3.28. The van der Waals surface area contributed by atoms with Crippen molar-refractivity contribution >= 4 is 34.3 Å². The number of aryl methyl sites for hydroxylation is 1. The Morgan fingerprint density at radius 1 is 1.18 bits per heavy atom. The summed E-state index contributed by atoms with van der Waals surface area (Å²) in [6.45, 7) is 3.66. The van der Waals surface area contributed by atoms with E-state index < -0.39 is 0 Å². The van der Waals surface area contributed by atoms with Gasteiger partial charge in [-0.05, 0) is 36.8 Å². The van der Waals surface area contributed by atoms with Crippen LogP contribution >= 0.6 is 11.8 Å². The lowest BCUT2D eigenvalue weighted by Crippen LogP contribution is -2.22. The molecular weight excluding hydrogens is 296 g/mol. The maximum atomic E-state index is 12.2. The van der Waals surface area contributed by atoms with Crippen molar-refractivity contribution in [3.8, 4) is 0 Å². The summed E-state index contributed by atoms with van der Waals surface area (Å²) in [6.07, 6.45) is 0. The van der Waals surface area contributed by atoms with Gasteiger partial charge < -0.3 is 9.84 Å². The number of carbonyl (C=O) groups is 1. The topological polar surface area (TPSA) is 55.1 Å². The Morgan fingerprint density at radius 3 is 2.68 bits per heavy atom. The van der Waals surface area contributed by atoms with Gasteiger partial charge >= 0.3 is 0 Å². The van der Waals surface area contributed by atoms with Gasteiger partial charge in [0.1, 0.15) is 5.76 Å². The molecule has 1 heterocycles. The third kappa shape index (κ3) is 3.31. The lowest BCUT2D eigenvalue weighted by Gasteiger charge is -2.11. The molecule has 22 heavy (non-hydrogen) atoms. The van der Waals surface area contributed by atoms with E-state index in [9.17, 15) is 4.79 Å². The average Bonchev–Trinajstić information content (AvgIpc) is 2.92. The monoisotopic (exact) mass is 312 g/mol. The molecule has 0 aliphatic heterocycles. The van der Waals surface area contributed by atoms with Gasteiger partial charge in [0.2, 0.25) is 5.91 Å². The number of amides is 1.